The zero-order chi connectivity index (χ0) is 15.9. The molecule has 0 spiro atoms. The molecule has 0 saturated carbocycles. The van der Waals surface area contributed by atoms with Gasteiger partial charge in [0, 0.05) is 24.0 Å². The average molecular weight is 358 g/mol. The SMILES string of the molecule is Cc1nc(-c2ccc(S(=O)(=O)N3CC[C@H](N)C[C@H]3C)s2)cs1. The highest BCUT2D eigenvalue weighted by Crippen LogP contribution is 2.34. The summed E-state index contributed by atoms with van der Waals surface area (Å²) in [5, 5.41) is 2.94. The molecule has 1 fully saturated rings. The molecule has 1 saturated heterocycles. The Bertz CT molecular complexity index is 766. The molecule has 5 nitrogen and oxygen atoms in total. The molecule has 3 heterocycles. The van der Waals surface area contributed by atoms with Gasteiger partial charge in [-0.25, -0.2) is 13.4 Å². The molecule has 2 aromatic rings. The number of nitrogens with two attached hydrogens (primary N) is 1. The fourth-order valence-corrected chi connectivity index (χ4v) is 6.47. The normalized spacial score (nSPS) is 23.8. The summed E-state index contributed by atoms with van der Waals surface area (Å²) in [6.45, 7) is 4.36. The molecular weight excluding hydrogens is 338 g/mol. The summed E-state index contributed by atoms with van der Waals surface area (Å²) < 4.78 is 27.6. The molecule has 0 radical (unpaired) electrons. The Hall–Kier alpha value is -0.800. The standard InChI is InChI=1S/C14H19N3O2S3/c1-9-7-11(15)5-6-17(9)22(18,19)14-4-3-13(21-14)12-8-20-10(2)16-12/h3-4,8-9,11H,5-7,15H2,1-2H3/t9-,11+/m1/s1. The van der Waals surface area contributed by atoms with Crippen LogP contribution in [0.15, 0.2) is 21.7 Å². The van der Waals surface area contributed by atoms with Crippen molar-refractivity contribution in [3.63, 3.8) is 0 Å². The van der Waals surface area contributed by atoms with Crippen LogP contribution in [-0.4, -0.2) is 36.3 Å². The quantitative estimate of drug-likeness (QED) is 0.916. The first kappa shape index (κ1) is 16.1. The van der Waals surface area contributed by atoms with Crippen LogP contribution in [0, 0.1) is 6.92 Å². The van der Waals surface area contributed by atoms with E-state index in [-0.39, 0.29) is 12.1 Å². The third kappa shape index (κ3) is 2.98. The molecule has 120 valence electrons. The van der Waals surface area contributed by atoms with E-state index in [0.717, 1.165) is 15.6 Å². The number of rotatable bonds is 3. The second-order valence-electron chi connectivity index (χ2n) is 5.62. The van der Waals surface area contributed by atoms with E-state index in [0.29, 0.717) is 23.6 Å². The van der Waals surface area contributed by atoms with Crippen molar-refractivity contribution >= 4 is 32.7 Å². The Kier molecular flexibility index (Phi) is 4.39. The highest BCUT2D eigenvalue weighted by atomic mass is 32.2. The highest BCUT2D eigenvalue weighted by molar-refractivity contribution is 7.91. The summed E-state index contributed by atoms with van der Waals surface area (Å²) in [6.07, 6.45) is 1.43. The lowest BCUT2D eigenvalue weighted by atomic mass is 10.0. The van der Waals surface area contributed by atoms with Crippen LogP contribution < -0.4 is 5.73 Å². The Morgan fingerprint density at radius 1 is 1.41 bits per heavy atom. The highest BCUT2D eigenvalue weighted by Gasteiger charge is 2.34. The lowest BCUT2D eigenvalue weighted by molar-refractivity contribution is 0.247. The van der Waals surface area contributed by atoms with Gasteiger partial charge in [0.05, 0.1) is 15.6 Å². The molecule has 0 aliphatic carbocycles. The van der Waals surface area contributed by atoms with Gasteiger partial charge in [-0.15, -0.1) is 22.7 Å². The fraction of sp³-hybridized carbons (Fsp3) is 0.500. The molecule has 22 heavy (non-hydrogen) atoms. The van der Waals surface area contributed by atoms with Gasteiger partial charge in [-0.05, 0) is 38.8 Å². The second-order valence-corrected chi connectivity index (χ2v) is 9.88. The molecule has 0 amide bonds. The van der Waals surface area contributed by atoms with E-state index in [1.54, 1.807) is 21.7 Å². The summed E-state index contributed by atoms with van der Waals surface area (Å²) in [6, 6.07) is 3.57. The van der Waals surface area contributed by atoms with Crippen LogP contribution in [0.2, 0.25) is 0 Å². The number of aryl methyl sites for hydroxylation is 1. The Labute approximate surface area is 138 Å². The Morgan fingerprint density at radius 3 is 2.82 bits per heavy atom. The zero-order valence-electron chi connectivity index (χ0n) is 12.5. The predicted molar refractivity (Wildman–Crippen MR) is 90.7 cm³/mol. The zero-order valence-corrected chi connectivity index (χ0v) is 15.0. The number of piperidine rings is 1. The van der Waals surface area contributed by atoms with E-state index in [9.17, 15) is 8.42 Å². The van der Waals surface area contributed by atoms with Gasteiger partial charge in [-0.2, -0.15) is 4.31 Å². The molecule has 1 aliphatic rings. The minimum absolute atomic E-state index is 0.0548. The van der Waals surface area contributed by atoms with E-state index in [4.69, 9.17) is 5.73 Å². The Morgan fingerprint density at radius 2 is 2.18 bits per heavy atom. The number of thiophene rings is 1. The largest absolute Gasteiger partial charge is 0.328 e. The maximum atomic E-state index is 12.8. The molecule has 2 N–H and O–H groups in total. The third-order valence-corrected chi connectivity index (χ3v) is 8.23. The summed E-state index contributed by atoms with van der Waals surface area (Å²) >= 11 is 2.85. The predicted octanol–water partition coefficient (Wildman–Crippen LogP) is 2.68. The lowest BCUT2D eigenvalue weighted by Crippen LogP contribution is -2.48. The molecule has 1 aliphatic heterocycles. The number of hydrogen-bond donors (Lipinski definition) is 1. The van der Waals surface area contributed by atoms with Crippen LogP contribution in [-0.2, 0) is 10.0 Å². The van der Waals surface area contributed by atoms with Crippen molar-refractivity contribution < 1.29 is 8.42 Å². The van der Waals surface area contributed by atoms with Crippen LogP contribution in [0.5, 0.6) is 0 Å². The minimum Gasteiger partial charge on any atom is -0.328 e. The second kappa shape index (κ2) is 6.01. The summed E-state index contributed by atoms with van der Waals surface area (Å²) in [5.41, 5.74) is 6.78. The van der Waals surface area contributed by atoms with Crippen LogP contribution in [0.1, 0.15) is 24.8 Å². The molecule has 2 atom stereocenters. The average Bonchev–Trinajstić information content (AvgIpc) is 3.06. The van der Waals surface area contributed by atoms with Gasteiger partial charge >= 0.3 is 0 Å². The topological polar surface area (TPSA) is 76.3 Å². The van der Waals surface area contributed by atoms with Crippen LogP contribution in [0.25, 0.3) is 10.6 Å². The van der Waals surface area contributed by atoms with Crippen LogP contribution in [0.4, 0.5) is 0 Å². The third-order valence-electron chi connectivity index (χ3n) is 3.87. The molecule has 0 unspecified atom stereocenters. The molecule has 0 aromatic carbocycles. The fourth-order valence-electron chi connectivity index (χ4n) is 2.73. The monoisotopic (exact) mass is 357 g/mol. The molecular formula is C14H19N3O2S3. The van der Waals surface area contributed by atoms with Gasteiger partial charge in [0.2, 0.25) is 0 Å². The van der Waals surface area contributed by atoms with Crippen molar-refractivity contribution in [2.24, 2.45) is 5.73 Å². The van der Waals surface area contributed by atoms with Gasteiger partial charge in [-0.3, -0.25) is 0 Å². The minimum atomic E-state index is -3.44. The lowest BCUT2D eigenvalue weighted by Gasteiger charge is -2.34. The van der Waals surface area contributed by atoms with E-state index in [1.807, 2.05) is 25.3 Å². The summed E-state index contributed by atoms with van der Waals surface area (Å²) in [5.74, 6) is 0. The number of hydrogen-bond acceptors (Lipinski definition) is 6. The smallest absolute Gasteiger partial charge is 0.252 e. The first-order valence-electron chi connectivity index (χ1n) is 7.17. The van der Waals surface area contributed by atoms with E-state index in [1.165, 1.54) is 11.3 Å². The van der Waals surface area contributed by atoms with Gasteiger partial charge in [0.1, 0.15) is 4.21 Å². The number of thiazole rings is 1. The first-order valence-corrected chi connectivity index (χ1v) is 10.3. The van der Waals surface area contributed by atoms with Crippen molar-refractivity contribution in [1.82, 2.24) is 9.29 Å². The summed E-state index contributed by atoms with van der Waals surface area (Å²) in [4.78, 5) is 5.31. The number of aromatic nitrogens is 1. The van der Waals surface area contributed by atoms with Crippen LogP contribution in [0.3, 0.4) is 0 Å². The van der Waals surface area contributed by atoms with Crippen molar-refractivity contribution in [2.45, 2.75) is 43.0 Å². The molecule has 3 rings (SSSR count). The number of nitrogens with zero attached hydrogens (tertiary/aromatic N) is 2. The maximum Gasteiger partial charge on any atom is 0.252 e. The van der Waals surface area contributed by atoms with E-state index in [2.05, 4.69) is 4.98 Å². The van der Waals surface area contributed by atoms with Gasteiger partial charge in [0.15, 0.2) is 0 Å². The maximum absolute atomic E-state index is 12.8. The van der Waals surface area contributed by atoms with Gasteiger partial charge in [0.25, 0.3) is 10.0 Å². The molecule has 2 aromatic heterocycles. The van der Waals surface area contributed by atoms with E-state index < -0.39 is 10.0 Å². The first-order chi connectivity index (χ1) is 10.4. The molecule has 8 heteroatoms. The van der Waals surface area contributed by atoms with Crippen molar-refractivity contribution in [3.8, 4) is 10.6 Å². The van der Waals surface area contributed by atoms with Crippen LogP contribution >= 0.6 is 22.7 Å². The van der Waals surface area contributed by atoms with Gasteiger partial charge < -0.3 is 5.73 Å². The number of sulfonamides is 1. The molecule has 0 bridgehead atoms. The van der Waals surface area contributed by atoms with Gasteiger partial charge in [-0.1, -0.05) is 0 Å². The van der Waals surface area contributed by atoms with Crippen molar-refractivity contribution in [2.75, 3.05) is 6.54 Å². The Balaban J connectivity index is 1.88. The van der Waals surface area contributed by atoms with Crippen molar-refractivity contribution in [3.05, 3.63) is 22.5 Å². The van der Waals surface area contributed by atoms with E-state index >= 15 is 0 Å². The summed E-state index contributed by atoms with van der Waals surface area (Å²) in [7, 11) is -3.44. The van der Waals surface area contributed by atoms with Crippen molar-refractivity contribution in [1.29, 1.82) is 0 Å².